The van der Waals surface area contributed by atoms with Gasteiger partial charge in [-0.15, -0.1) is 0 Å². The molecular formula is C24H20O2. The van der Waals surface area contributed by atoms with E-state index in [1.807, 2.05) is 13.8 Å². The first-order valence-corrected chi connectivity index (χ1v) is 9.30. The van der Waals surface area contributed by atoms with Crippen molar-refractivity contribution in [1.82, 2.24) is 0 Å². The summed E-state index contributed by atoms with van der Waals surface area (Å²) in [7, 11) is 0. The number of aryl methyl sites for hydroxylation is 4. The first-order valence-electron chi connectivity index (χ1n) is 9.30. The monoisotopic (exact) mass is 340 g/mol. The Morgan fingerprint density at radius 1 is 0.538 bits per heavy atom. The van der Waals surface area contributed by atoms with Crippen molar-refractivity contribution >= 4 is 22.7 Å². The molecule has 0 atom stereocenters. The number of fused-ring (bicyclic) bond motifs is 4. The molecule has 4 aliphatic carbocycles. The average Bonchev–Trinajstić information content (AvgIpc) is 3.07. The lowest BCUT2D eigenvalue weighted by atomic mass is 9.85. The molecule has 0 saturated carbocycles. The second-order valence-electron chi connectivity index (χ2n) is 7.65. The molecule has 4 bridgehead atoms. The van der Waals surface area contributed by atoms with E-state index in [0.29, 0.717) is 0 Å². The zero-order valence-corrected chi connectivity index (χ0v) is 15.1. The van der Waals surface area contributed by atoms with Crippen molar-refractivity contribution in [2.24, 2.45) is 0 Å². The van der Waals surface area contributed by atoms with Gasteiger partial charge in [-0.05, 0) is 96.2 Å². The lowest BCUT2D eigenvalue weighted by molar-refractivity contribution is 0.104. The molecule has 26 heavy (non-hydrogen) atoms. The average molecular weight is 340 g/mol. The van der Waals surface area contributed by atoms with E-state index in [4.69, 9.17) is 0 Å². The molecule has 128 valence electrons. The molecular weight excluding hydrogens is 320 g/mol. The molecule has 0 aliphatic heterocycles. The number of carbonyl (C=O) groups is 2. The highest BCUT2D eigenvalue weighted by molar-refractivity contribution is 6.18. The third kappa shape index (κ3) is 2.05. The Morgan fingerprint density at radius 2 is 0.846 bits per heavy atom. The van der Waals surface area contributed by atoms with Crippen molar-refractivity contribution in [1.29, 1.82) is 0 Å². The van der Waals surface area contributed by atoms with E-state index in [1.165, 1.54) is 11.1 Å². The van der Waals surface area contributed by atoms with Crippen molar-refractivity contribution < 1.29 is 9.59 Å². The van der Waals surface area contributed by atoms with Crippen LogP contribution in [0.1, 0.15) is 67.9 Å². The maximum Gasteiger partial charge on any atom is 0.187 e. The van der Waals surface area contributed by atoms with E-state index in [9.17, 15) is 9.59 Å². The van der Waals surface area contributed by atoms with Gasteiger partial charge in [-0.2, -0.15) is 0 Å². The fraction of sp³-hybridized carbons (Fsp3) is 0.250. The summed E-state index contributed by atoms with van der Waals surface area (Å²) in [6, 6.07) is 8.65. The summed E-state index contributed by atoms with van der Waals surface area (Å²) < 4.78 is 0. The third-order valence-electron chi connectivity index (χ3n) is 6.06. The van der Waals surface area contributed by atoms with Gasteiger partial charge in [0.1, 0.15) is 0 Å². The van der Waals surface area contributed by atoms with Crippen LogP contribution >= 0.6 is 0 Å². The Bertz CT molecular complexity index is 992. The summed E-state index contributed by atoms with van der Waals surface area (Å²) in [5, 5.41) is 0. The van der Waals surface area contributed by atoms with Gasteiger partial charge in [0.2, 0.25) is 0 Å². The van der Waals surface area contributed by atoms with Gasteiger partial charge in [-0.25, -0.2) is 0 Å². The molecule has 0 saturated heterocycles. The lowest BCUT2D eigenvalue weighted by Gasteiger charge is -2.19. The van der Waals surface area contributed by atoms with Crippen LogP contribution in [0.3, 0.4) is 0 Å². The standard InChI is InChI=1S/C24H20O2/c1-13-11-19(25)23-17-7-5-15(21(13)23)3-4-16-6-8-18(10-9-17)24-20(26)12-14(2)22(16)24/h5-8,11-12H,3-4,9-10H2,1-2H3. The predicted octanol–water partition coefficient (Wildman–Crippen LogP) is 4.77. The fourth-order valence-electron chi connectivity index (χ4n) is 4.90. The smallest absolute Gasteiger partial charge is 0.187 e. The van der Waals surface area contributed by atoms with E-state index in [1.54, 1.807) is 12.2 Å². The van der Waals surface area contributed by atoms with Crippen LogP contribution in [-0.2, 0) is 25.7 Å². The second-order valence-corrected chi connectivity index (χ2v) is 7.65. The Balaban J connectivity index is 1.71. The van der Waals surface area contributed by atoms with Crippen LogP contribution in [0.25, 0.3) is 11.1 Å². The topological polar surface area (TPSA) is 34.1 Å². The van der Waals surface area contributed by atoms with Crippen molar-refractivity contribution in [3.63, 3.8) is 0 Å². The van der Waals surface area contributed by atoms with Gasteiger partial charge < -0.3 is 0 Å². The van der Waals surface area contributed by atoms with Gasteiger partial charge in [-0.1, -0.05) is 24.3 Å². The Labute approximate surface area is 153 Å². The molecule has 2 aromatic carbocycles. The molecule has 6 rings (SSSR count). The third-order valence-corrected chi connectivity index (χ3v) is 6.06. The maximum absolute atomic E-state index is 12.6. The Kier molecular flexibility index (Phi) is 3.21. The minimum absolute atomic E-state index is 0.138. The van der Waals surface area contributed by atoms with Crippen LogP contribution in [0.5, 0.6) is 0 Å². The molecule has 4 aliphatic rings. The highest BCUT2D eigenvalue weighted by Crippen LogP contribution is 2.38. The number of hydrogen-bond acceptors (Lipinski definition) is 2. The number of hydrogen-bond donors (Lipinski definition) is 0. The normalized spacial score (nSPS) is 17.6. The predicted molar refractivity (Wildman–Crippen MR) is 104 cm³/mol. The summed E-state index contributed by atoms with van der Waals surface area (Å²) in [5.74, 6) is 0.276. The van der Waals surface area contributed by atoms with Crippen molar-refractivity contribution in [2.45, 2.75) is 39.5 Å². The molecule has 0 unspecified atom stereocenters. The molecule has 0 amide bonds. The van der Waals surface area contributed by atoms with Gasteiger partial charge in [-0.3, -0.25) is 9.59 Å². The van der Waals surface area contributed by atoms with E-state index in [2.05, 4.69) is 24.3 Å². The largest absolute Gasteiger partial charge is 0.289 e. The van der Waals surface area contributed by atoms with Crippen molar-refractivity contribution in [3.8, 4) is 0 Å². The Morgan fingerprint density at radius 3 is 1.19 bits per heavy atom. The zero-order valence-electron chi connectivity index (χ0n) is 15.1. The summed E-state index contributed by atoms with van der Waals surface area (Å²) in [4.78, 5) is 25.1. The summed E-state index contributed by atoms with van der Waals surface area (Å²) in [6.07, 6.45) is 6.89. The van der Waals surface area contributed by atoms with Crippen LogP contribution in [0.15, 0.2) is 36.4 Å². The van der Waals surface area contributed by atoms with Crippen LogP contribution in [-0.4, -0.2) is 11.6 Å². The molecule has 0 heterocycles. The molecule has 0 spiro atoms. The minimum atomic E-state index is 0.138. The van der Waals surface area contributed by atoms with Gasteiger partial charge in [0.25, 0.3) is 0 Å². The molecule has 0 fully saturated rings. The maximum atomic E-state index is 12.6. The number of allylic oxidation sites excluding steroid dienone is 4. The first kappa shape index (κ1) is 15.5. The Hall–Kier alpha value is -2.74. The van der Waals surface area contributed by atoms with Gasteiger partial charge in [0, 0.05) is 11.1 Å². The summed E-state index contributed by atoms with van der Waals surface area (Å²) >= 11 is 0. The SMILES string of the molecule is CC1=CC(=O)c2c3ccc(c21)CCc1ccc(c2c1C(C)=CC2=O)CC3. The molecule has 2 aromatic rings. The van der Waals surface area contributed by atoms with Crippen LogP contribution in [0.2, 0.25) is 0 Å². The quantitative estimate of drug-likeness (QED) is 0.692. The van der Waals surface area contributed by atoms with E-state index in [-0.39, 0.29) is 11.6 Å². The van der Waals surface area contributed by atoms with E-state index in [0.717, 1.165) is 70.2 Å². The zero-order chi connectivity index (χ0) is 18.0. The van der Waals surface area contributed by atoms with Gasteiger partial charge >= 0.3 is 0 Å². The molecule has 0 N–H and O–H groups in total. The van der Waals surface area contributed by atoms with E-state index < -0.39 is 0 Å². The minimum Gasteiger partial charge on any atom is -0.289 e. The molecule has 2 heteroatoms. The molecule has 0 radical (unpaired) electrons. The highest BCUT2D eigenvalue weighted by Gasteiger charge is 2.28. The fourth-order valence-corrected chi connectivity index (χ4v) is 4.90. The second kappa shape index (κ2) is 5.38. The molecule has 2 nitrogen and oxygen atoms in total. The highest BCUT2D eigenvalue weighted by atomic mass is 16.1. The molecule has 0 aromatic heterocycles. The number of carbonyl (C=O) groups excluding carboxylic acids is 2. The number of ketones is 2. The van der Waals surface area contributed by atoms with Crippen molar-refractivity contribution in [3.05, 3.63) is 80.9 Å². The number of rotatable bonds is 0. The van der Waals surface area contributed by atoms with Gasteiger partial charge in [0.05, 0.1) is 0 Å². The van der Waals surface area contributed by atoms with Crippen LogP contribution in [0, 0.1) is 0 Å². The summed E-state index contributed by atoms with van der Waals surface area (Å²) in [5.41, 5.74) is 11.0. The van der Waals surface area contributed by atoms with Crippen LogP contribution < -0.4 is 0 Å². The van der Waals surface area contributed by atoms with Crippen molar-refractivity contribution in [2.75, 3.05) is 0 Å². The number of benzene rings is 2. The first-order chi connectivity index (χ1) is 12.5. The van der Waals surface area contributed by atoms with Gasteiger partial charge in [0.15, 0.2) is 11.6 Å². The summed E-state index contributed by atoms with van der Waals surface area (Å²) in [6.45, 7) is 4.08. The lowest BCUT2D eigenvalue weighted by Crippen LogP contribution is -2.10. The van der Waals surface area contributed by atoms with Crippen LogP contribution in [0.4, 0.5) is 0 Å². The van der Waals surface area contributed by atoms with E-state index >= 15 is 0 Å².